The molecule has 2 aromatic rings. The second kappa shape index (κ2) is 8.31. The van der Waals surface area contributed by atoms with Crippen LogP contribution < -0.4 is 10.6 Å². The van der Waals surface area contributed by atoms with Gasteiger partial charge in [-0.1, -0.05) is 11.6 Å². The molecule has 1 saturated heterocycles. The predicted octanol–water partition coefficient (Wildman–Crippen LogP) is 1.71. The lowest BCUT2D eigenvalue weighted by molar-refractivity contribution is -0.125. The summed E-state index contributed by atoms with van der Waals surface area (Å²) in [6.45, 7) is 1.57. The molecule has 0 aliphatic carbocycles. The molecule has 3 heterocycles. The molecule has 3 N–H and O–H groups in total. The van der Waals surface area contributed by atoms with Crippen molar-refractivity contribution >= 4 is 41.3 Å². The SMILES string of the molecule is Cl.Cn1cc([C@H]2CNC[C@@H]2C(=O)NCC(O)c2ccc(Cl)s2)cn1. The van der Waals surface area contributed by atoms with Crippen LogP contribution >= 0.6 is 35.3 Å². The first-order chi connectivity index (χ1) is 11.0. The van der Waals surface area contributed by atoms with Crippen molar-refractivity contribution in [2.75, 3.05) is 19.6 Å². The quantitative estimate of drug-likeness (QED) is 0.725. The van der Waals surface area contributed by atoms with E-state index in [4.69, 9.17) is 11.6 Å². The number of aliphatic hydroxyl groups excluding tert-OH is 1. The van der Waals surface area contributed by atoms with E-state index < -0.39 is 6.10 Å². The summed E-state index contributed by atoms with van der Waals surface area (Å²) in [5.74, 6) is -0.0964. The van der Waals surface area contributed by atoms with Crippen molar-refractivity contribution in [1.82, 2.24) is 20.4 Å². The Morgan fingerprint density at radius 1 is 1.58 bits per heavy atom. The lowest BCUT2D eigenvalue weighted by Crippen LogP contribution is -2.36. The van der Waals surface area contributed by atoms with E-state index in [1.54, 1.807) is 23.0 Å². The monoisotopic (exact) mass is 390 g/mol. The fourth-order valence-electron chi connectivity index (χ4n) is 2.87. The van der Waals surface area contributed by atoms with Crippen LogP contribution in [0.2, 0.25) is 4.34 Å². The van der Waals surface area contributed by atoms with E-state index >= 15 is 0 Å². The molecule has 0 aromatic carbocycles. The molecule has 132 valence electrons. The standard InChI is InChI=1S/C15H19ClN4O2S.ClH/c1-20-8-9(4-19-20)10-5-17-6-11(10)15(22)18-7-12(21)13-2-3-14(16)23-13;/h2-4,8,10-12,17,21H,5-7H2,1H3,(H,18,22);1H/t10-,11+,12?;/m1./s1. The summed E-state index contributed by atoms with van der Waals surface area (Å²) >= 11 is 7.18. The number of carbonyl (C=O) groups is 1. The maximum absolute atomic E-state index is 12.5. The summed E-state index contributed by atoms with van der Waals surface area (Å²) in [6.07, 6.45) is 3.02. The number of nitrogens with one attached hydrogen (secondary N) is 2. The highest BCUT2D eigenvalue weighted by Gasteiger charge is 2.34. The molecule has 0 spiro atoms. The van der Waals surface area contributed by atoms with E-state index in [0.29, 0.717) is 10.9 Å². The molecular weight excluding hydrogens is 371 g/mol. The van der Waals surface area contributed by atoms with Crippen molar-refractivity contribution < 1.29 is 9.90 Å². The normalized spacial score (nSPS) is 21.3. The largest absolute Gasteiger partial charge is 0.386 e. The fourth-order valence-corrected chi connectivity index (χ4v) is 3.92. The molecule has 3 atom stereocenters. The predicted molar refractivity (Wildman–Crippen MR) is 96.9 cm³/mol. The summed E-state index contributed by atoms with van der Waals surface area (Å²) in [7, 11) is 1.86. The average molecular weight is 391 g/mol. The number of nitrogens with zero attached hydrogens (tertiary/aromatic N) is 2. The topological polar surface area (TPSA) is 79.2 Å². The van der Waals surface area contributed by atoms with Crippen LogP contribution in [0.1, 0.15) is 22.5 Å². The molecule has 1 fully saturated rings. The van der Waals surface area contributed by atoms with Gasteiger partial charge in [-0.3, -0.25) is 9.48 Å². The Hall–Kier alpha value is -1.12. The first kappa shape index (κ1) is 19.2. The molecule has 1 unspecified atom stereocenters. The van der Waals surface area contributed by atoms with Crippen LogP contribution in [0.5, 0.6) is 0 Å². The van der Waals surface area contributed by atoms with E-state index in [1.807, 2.05) is 13.2 Å². The number of hydrogen-bond acceptors (Lipinski definition) is 5. The van der Waals surface area contributed by atoms with Gasteiger partial charge in [0.05, 0.1) is 16.5 Å². The molecule has 0 radical (unpaired) electrons. The van der Waals surface area contributed by atoms with E-state index in [0.717, 1.165) is 17.0 Å². The van der Waals surface area contributed by atoms with Crippen LogP contribution in [-0.2, 0) is 11.8 Å². The molecule has 3 rings (SSSR count). The Balaban J connectivity index is 0.00000208. The van der Waals surface area contributed by atoms with Crippen LogP contribution in [0.25, 0.3) is 0 Å². The Bertz CT molecular complexity index is 691. The summed E-state index contributed by atoms with van der Waals surface area (Å²) in [6, 6.07) is 3.52. The number of aliphatic hydroxyl groups is 1. The van der Waals surface area contributed by atoms with Crippen LogP contribution in [0.4, 0.5) is 0 Å². The van der Waals surface area contributed by atoms with Gasteiger partial charge >= 0.3 is 0 Å². The Labute approximate surface area is 155 Å². The number of aryl methyl sites for hydroxylation is 1. The molecule has 1 aliphatic heterocycles. The van der Waals surface area contributed by atoms with Crippen LogP contribution in [0.3, 0.4) is 0 Å². The molecule has 2 aromatic heterocycles. The molecule has 0 bridgehead atoms. The second-order valence-electron chi connectivity index (χ2n) is 5.72. The molecule has 1 amide bonds. The summed E-state index contributed by atoms with van der Waals surface area (Å²) in [5.41, 5.74) is 1.06. The molecule has 9 heteroatoms. The summed E-state index contributed by atoms with van der Waals surface area (Å²) in [4.78, 5) is 13.2. The van der Waals surface area contributed by atoms with Crippen LogP contribution in [0, 0.1) is 5.92 Å². The van der Waals surface area contributed by atoms with Gasteiger partial charge in [-0.15, -0.1) is 23.7 Å². The average Bonchev–Trinajstić information content (AvgIpc) is 3.24. The third-order valence-electron chi connectivity index (χ3n) is 4.10. The van der Waals surface area contributed by atoms with Crippen molar-refractivity contribution in [3.8, 4) is 0 Å². The highest BCUT2D eigenvalue weighted by molar-refractivity contribution is 7.16. The lowest BCUT2D eigenvalue weighted by atomic mass is 9.90. The number of halogens is 2. The van der Waals surface area contributed by atoms with Gasteiger partial charge in [0, 0.05) is 43.7 Å². The number of rotatable bonds is 5. The molecule has 24 heavy (non-hydrogen) atoms. The van der Waals surface area contributed by atoms with Crippen LogP contribution in [-0.4, -0.2) is 40.4 Å². The van der Waals surface area contributed by atoms with Gasteiger partial charge in [0.25, 0.3) is 0 Å². The Morgan fingerprint density at radius 3 is 3.00 bits per heavy atom. The second-order valence-corrected chi connectivity index (χ2v) is 7.47. The van der Waals surface area contributed by atoms with Gasteiger partial charge in [0.15, 0.2) is 0 Å². The summed E-state index contributed by atoms with van der Waals surface area (Å²) in [5, 5.41) is 20.4. The Kier molecular flexibility index (Phi) is 6.65. The lowest BCUT2D eigenvalue weighted by Gasteiger charge is -2.18. The zero-order chi connectivity index (χ0) is 16.4. The number of carbonyl (C=O) groups excluding carboxylic acids is 1. The maximum atomic E-state index is 12.5. The highest BCUT2D eigenvalue weighted by atomic mass is 35.5. The molecule has 1 aliphatic rings. The Morgan fingerprint density at radius 2 is 2.38 bits per heavy atom. The minimum absolute atomic E-state index is 0. The minimum atomic E-state index is -0.734. The smallest absolute Gasteiger partial charge is 0.225 e. The van der Waals surface area contributed by atoms with Crippen molar-refractivity contribution in [2.45, 2.75) is 12.0 Å². The van der Waals surface area contributed by atoms with E-state index in [9.17, 15) is 9.90 Å². The number of thiophene rings is 1. The van der Waals surface area contributed by atoms with E-state index in [-0.39, 0.29) is 36.7 Å². The zero-order valence-electron chi connectivity index (χ0n) is 13.1. The number of hydrogen-bond donors (Lipinski definition) is 3. The fraction of sp³-hybridized carbons (Fsp3) is 0.467. The van der Waals surface area contributed by atoms with Gasteiger partial charge in [-0.2, -0.15) is 5.10 Å². The highest BCUT2D eigenvalue weighted by Crippen LogP contribution is 2.29. The maximum Gasteiger partial charge on any atom is 0.225 e. The van der Waals surface area contributed by atoms with Crippen LogP contribution in [0.15, 0.2) is 24.5 Å². The first-order valence-electron chi connectivity index (χ1n) is 7.45. The van der Waals surface area contributed by atoms with E-state index in [2.05, 4.69) is 15.7 Å². The third-order valence-corrected chi connectivity index (χ3v) is 5.43. The third kappa shape index (κ3) is 4.29. The zero-order valence-corrected chi connectivity index (χ0v) is 15.5. The van der Waals surface area contributed by atoms with Gasteiger partial charge in [0.2, 0.25) is 5.91 Å². The van der Waals surface area contributed by atoms with Gasteiger partial charge < -0.3 is 15.7 Å². The van der Waals surface area contributed by atoms with Crippen molar-refractivity contribution in [3.63, 3.8) is 0 Å². The molecule has 6 nitrogen and oxygen atoms in total. The van der Waals surface area contributed by atoms with Gasteiger partial charge in [-0.25, -0.2) is 0 Å². The number of aromatic nitrogens is 2. The van der Waals surface area contributed by atoms with Crippen molar-refractivity contribution in [1.29, 1.82) is 0 Å². The summed E-state index contributed by atoms with van der Waals surface area (Å²) < 4.78 is 2.37. The molecule has 0 saturated carbocycles. The first-order valence-corrected chi connectivity index (χ1v) is 8.64. The molecular formula is C15H20Cl2N4O2S. The van der Waals surface area contributed by atoms with Gasteiger partial charge in [0.1, 0.15) is 6.10 Å². The van der Waals surface area contributed by atoms with E-state index in [1.165, 1.54) is 11.3 Å². The van der Waals surface area contributed by atoms with Crippen molar-refractivity contribution in [2.24, 2.45) is 13.0 Å². The number of amides is 1. The van der Waals surface area contributed by atoms with Gasteiger partial charge in [-0.05, 0) is 17.7 Å². The minimum Gasteiger partial charge on any atom is -0.386 e. The van der Waals surface area contributed by atoms with Crippen molar-refractivity contribution in [3.05, 3.63) is 39.3 Å².